The Bertz CT molecular complexity index is 375. The Balaban J connectivity index is 1.99. The molecule has 16 heavy (non-hydrogen) atoms. The molecule has 2 N–H and O–H groups in total. The summed E-state index contributed by atoms with van der Waals surface area (Å²) in [5.41, 5.74) is 1.12. The van der Waals surface area contributed by atoms with Gasteiger partial charge in [0, 0.05) is 3.57 Å². The van der Waals surface area contributed by atoms with Gasteiger partial charge in [0.2, 0.25) is 0 Å². The van der Waals surface area contributed by atoms with E-state index in [1.165, 1.54) is 3.57 Å². The van der Waals surface area contributed by atoms with E-state index in [1.807, 2.05) is 24.3 Å². The summed E-state index contributed by atoms with van der Waals surface area (Å²) in [6.07, 6.45) is -0.283. The first-order chi connectivity index (χ1) is 7.65. The SMILES string of the molecule is O=C(O)N[C@@H](Cc1ccc(I)cc1)[C@@H]1CO1. The van der Waals surface area contributed by atoms with Gasteiger partial charge in [-0.25, -0.2) is 4.79 Å². The van der Waals surface area contributed by atoms with Gasteiger partial charge in [-0.15, -0.1) is 0 Å². The van der Waals surface area contributed by atoms with Crippen molar-refractivity contribution in [2.24, 2.45) is 0 Å². The minimum absolute atomic E-state index is 0.0374. The summed E-state index contributed by atoms with van der Waals surface area (Å²) >= 11 is 2.24. The number of rotatable bonds is 4. The van der Waals surface area contributed by atoms with E-state index in [-0.39, 0.29) is 12.1 Å². The Morgan fingerprint density at radius 1 is 1.56 bits per heavy atom. The van der Waals surface area contributed by atoms with Crippen LogP contribution in [0.5, 0.6) is 0 Å². The molecule has 1 aromatic rings. The van der Waals surface area contributed by atoms with Gasteiger partial charge < -0.3 is 15.2 Å². The van der Waals surface area contributed by atoms with E-state index in [0.717, 1.165) is 5.56 Å². The molecule has 0 saturated carbocycles. The lowest BCUT2D eigenvalue weighted by molar-refractivity contribution is 0.186. The molecule has 4 nitrogen and oxygen atoms in total. The summed E-state index contributed by atoms with van der Waals surface area (Å²) in [7, 11) is 0. The molecule has 1 aliphatic rings. The summed E-state index contributed by atoms with van der Waals surface area (Å²) in [5.74, 6) is 0. The Labute approximate surface area is 107 Å². The number of hydrogen-bond acceptors (Lipinski definition) is 2. The molecular formula is C11H12INO3. The molecule has 2 atom stereocenters. The van der Waals surface area contributed by atoms with Crippen LogP contribution in [0.15, 0.2) is 24.3 Å². The van der Waals surface area contributed by atoms with Gasteiger partial charge in [-0.3, -0.25) is 0 Å². The normalized spacial score (nSPS) is 20.2. The molecule has 2 rings (SSSR count). The first-order valence-electron chi connectivity index (χ1n) is 5.00. The molecule has 0 bridgehead atoms. The van der Waals surface area contributed by atoms with Crippen molar-refractivity contribution in [3.63, 3.8) is 0 Å². The molecule has 0 radical (unpaired) electrons. The van der Waals surface area contributed by atoms with Crippen LogP contribution in [0.25, 0.3) is 0 Å². The monoisotopic (exact) mass is 333 g/mol. The van der Waals surface area contributed by atoms with Gasteiger partial charge in [-0.05, 0) is 46.7 Å². The summed E-state index contributed by atoms with van der Waals surface area (Å²) in [5, 5.41) is 11.2. The molecule has 1 fully saturated rings. The smallest absolute Gasteiger partial charge is 0.404 e. The summed E-state index contributed by atoms with van der Waals surface area (Å²) in [4.78, 5) is 10.6. The molecule has 1 saturated heterocycles. The number of epoxide rings is 1. The van der Waals surface area contributed by atoms with Crippen molar-refractivity contribution in [1.82, 2.24) is 5.32 Å². The third-order valence-electron chi connectivity index (χ3n) is 2.49. The standard InChI is InChI=1S/C11H12INO3/c12-8-3-1-7(2-4-8)5-9(10-6-16-10)13-11(14)15/h1-4,9-10,13H,5-6H2,(H,14,15)/t9-,10-/m0/s1. The molecule has 0 aromatic heterocycles. The maximum absolute atomic E-state index is 10.6. The highest BCUT2D eigenvalue weighted by atomic mass is 127. The second kappa shape index (κ2) is 5.01. The fraction of sp³-hybridized carbons (Fsp3) is 0.364. The third-order valence-corrected chi connectivity index (χ3v) is 3.20. The van der Waals surface area contributed by atoms with Crippen molar-refractivity contribution in [2.75, 3.05) is 6.61 Å². The van der Waals surface area contributed by atoms with Crippen molar-refractivity contribution in [3.05, 3.63) is 33.4 Å². The van der Waals surface area contributed by atoms with E-state index in [9.17, 15) is 4.79 Å². The molecule has 1 amide bonds. The molecule has 5 heteroatoms. The zero-order chi connectivity index (χ0) is 11.5. The van der Waals surface area contributed by atoms with E-state index in [4.69, 9.17) is 9.84 Å². The summed E-state index contributed by atoms with van der Waals surface area (Å²) in [6, 6.07) is 7.92. The number of hydrogen-bond donors (Lipinski definition) is 2. The number of benzene rings is 1. The predicted octanol–water partition coefficient (Wildman–Crippen LogP) is 1.87. The van der Waals surface area contributed by atoms with Crippen LogP contribution in [-0.4, -0.2) is 30.0 Å². The highest BCUT2D eigenvalue weighted by Gasteiger charge is 2.33. The molecule has 0 spiro atoms. The zero-order valence-corrected chi connectivity index (χ0v) is 10.7. The lowest BCUT2D eigenvalue weighted by Gasteiger charge is -2.14. The Morgan fingerprint density at radius 2 is 2.19 bits per heavy atom. The lowest BCUT2D eigenvalue weighted by atomic mass is 10.0. The van der Waals surface area contributed by atoms with E-state index >= 15 is 0 Å². The molecule has 0 unspecified atom stereocenters. The van der Waals surface area contributed by atoms with Gasteiger partial charge in [0.05, 0.1) is 12.6 Å². The van der Waals surface area contributed by atoms with Crippen LogP contribution >= 0.6 is 22.6 Å². The topological polar surface area (TPSA) is 61.9 Å². The minimum Gasteiger partial charge on any atom is -0.465 e. The highest BCUT2D eigenvalue weighted by molar-refractivity contribution is 14.1. The van der Waals surface area contributed by atoms with E-state index in [0.29, 0.717) is 13.0 Å². The van der Waals surface area contributed by atoms with Crippen LogP contribution in [0.1, 0.15) is 5.56 Å². The van der Waals surface area contributed by atoms with Gasteiger partial charge in [0.25, 0.3) is 0 Å². The average molecular weight is 333 g/mol. The maximum Gasteiger partial charge on any atom is 0.404 e. The second-order valence-corrected chi connectivity index (χ2v) is 5.00. The van der Waals surface area contributed by atoms with E-state index < -0.39 is 6.09 Å². The van der Waals surface area contributed by atoms with Crippen molar-refractivity contribution >= 4 is 28.7 Å². The van der Waals surface area contributed by atoms with E-state index in [1.54, 1.807) is 0 Å². The number of ether oxygens (including phenoxy) is 1. The third kappa shape index (κ3) is 3.34. The molecule has 1 aromatic carbocycles. The van der Waals surface area contributed by atoms with E-state index in [2.05, 4.69) is 27.9 Å². The van der Waals surface area contributed by atoms with Crippen molar-refractivity contribution < 1.29 is 14.6 Å². The Hall–Kier alpha value is -0.820. The number of carbonyl (C=O) groups is 1. The quantitative estimate of drug-likeness (QED) is 0.653. The van der Waals surface area contributed by atoms with Crippen molar-refractivity contribution in [2.45, 2.75) is 18.6 Å². The number of carboxylic acid groups (broad SMARTS) is 1. The van der Waals surface area contributed by atoms with Gasteiger partial charge in [-0.2, -0.15) is 0 Å². The number of amides is 1. The van der Waals surface area contributed by atoms with Gasteiger partial charge in [0.1, 0.15) is 6.10 Å². The van der Waals surface area contributed by atoms with Crippen LogP contribution in [0.4, 0.5) is 4.79 Å². The Morgan fingerprint density at radius 3 is 2.69 bits per heavy atom. The highest BCUT2D eigenvalue weighted by Crippen LogP contribution is 2.18. The molecule has 1 aliphatic heterocycles. The van der Waals surface area contributed by atoms with Crippen LogP contribution in [-0.2, 0) is 11.2 Å². The largest absolute Gasteiger partial charge is 0.465 e. The zero-order valence-electron chi connectivity index (χ0n) is 8.52. The van der Waals surface area contributed by atoms with Crippen LogP contribution in [0.3, 0.4) is 0 Å². The van der Waals surface area contributed by atoms with Crippen LogP contribution in [0.2, 0.25) is 0 Å². The first-order valence-corrected chi connectivity index (χ1v) is 6.08. The lowest BCUT2D eigenvalue weighted by Crippen LogP contribution is -2.39. The van der Waals surface area contributed by atoms with Crippen LogP contribution in [0, 0.1) is 3.57 Å². The number of nitrogens with one attached hydrogen (secondary N) is 1. The molecular weight excluding hydrogens is 321 g/mol. The van der Waals surface area contributed by atoms with Crippen molar-refractivity contribution in [3.8, 4) is 0 Å². The summed E-state index contributed by atoms with van der Waals surface area (Å²) < 4.78 is 6.31. The second-order valence-electron chi connectivity index (χ2n) is 3.76. The average Bonchev–Trinajstić information content (AvgIpc) is 3.03. The fourth-order valence-electron chi connectivity index (χ4n) is 1.60. The van der Waals surface area contributed by atoms with Gasteiger partial charge in [-0.1, -0.05) is 12.1 Å². The van der Waals surface area contributed by atoms with Crippen LogP contribution < -0.4 is 5.32 Å². The summed E-state index contributed by atoms with van der Waals surface area (Å²) in [6.45, 7) is 0.648. The van der Waals surface area contributed by atoms with Crippen molar-refractivity contribution in [1.29, 1.82) is 0 Å². The van der Waals surface area contributed by atoms with Gasteiger partial charge in [0.15, 0.2) is 0 Å². The predicted molar refractivity (Wildman–Crippen MR) is 67.6 cm³/mol. The first kappa shape index (κ1) is 11.7. The fourth-order valence-corrected chi connectivity index (χ4v) is 1.96. The molecule has 1 heterocycles. The molecule has 0 aliphatic carbocycles. The Kier molecular flexibility index (Phi) is 3.65. The minimum atomic E-state index is -0.994. The number of halogens is 1. The molecule has 86 valence electrons. The maximum atomic E-state index is 10.6. The van der Waals surface area contributed by atoms with Gasteiger partial charge >= 0.3 is 6.09 Å².